The summed E-state index contributed by atoms with van der Waals surface area (Å²) in [7, 11) is 0. The van der Waals surface area contributed by atoms with Crippen LogP contribution in [0.5, 0.6) is 0 Å². The van der Waals surface area contributed by atoms with Gasteiger partial charge in [0.25, 0.3) is 0 Å². The van der Waals surface area contributed by atoms with Gasteiger partial charge in [0.2, 0.25) is 0 Å². The highest BCUT2D eigenvalue weighted by Crippen LogP contribution is 2.63. The number of aromatic nitrogens is 1. The van der Waals surface area contributed by atoms with E-state index in [0.29, 0.717) is 0 Å². The molecule has 1 spiro atoms. The number of pyridine rings is 1. The van der Waals surface area contributed by atoms with Crippen LogP contribution in [0.3, 0.4) is 0 Å². The van der Waals surface area contributed by atoms with Gasteiger partial charge in [-0.1, -0.05) is 177 Å². The standard InChI is InChI=1S/C63H43ClN2OS/c1-62(2)52-23-7-3-19-47(52)49-22-12-21-44(60(49)62)38-14-11-16-41(32-38)66(43-34-50(39-15-13-31-65-37-39)61-51(35-43)48-20-6-10-26-57(48)67-61)42-28-29-55-59(36-42)68-58-30-27-40(64)33-56(58)63(55)53-24-8-4-17-45(53)46-18-5-9-25-54(46)63/h3-31,33-37,41H,32H2,1-2H3. The first-order valence-corrected chi connectivity index (χ1v) is 24.7. The Balaban J connectivity index is 0.991. The van der Waals surface area contributed by atoms with Gasteiger partial charge in [-0.2, -0.15) is 0 Å². The first-order chi connectivity index (χ1) is 33.4. The zero-order valence-corrected chi connectivity index (χ0v) is 39.1. The number of anilines is 2. The van der Waals surface area contributed by atoms with Gasteiger partial charge in [-0.15, -0.1) is 0 Å². The molecule has 3 nitrogen and oxygen atoms in total. The Morgan fingerprint density at radius 2 is 1.31 bits per heavy atom. The van der Waals surface area contributed by atoms with Crippen LogP contribution in [0, 0.1) is 0 Å². The quantitative estimate of drug-likeness (QED) is 0.172. The Labute approximate surface area is 405 Å². The van der Waals surface area contributed by atoms with Crippen molar-refractivity contribution in [1.82, 2.24) is 4.98 Å². The second kappa shape index (κ2) is 14.8. The molecule has 2 aromatic heterocycles. The minimum absolute atomic E-state index is 0.0327. The summed E-state index contributed by atoms with van der Waals surface area (Å²) in [5, 5.41) is 2.91. The third-order valence-corrected chi connectivity index (χ3v) is 16.6. The van der Waals surface area contributed by atoms with Gasteiger partial charge < -0.3 is 9.32 Å². The van der Waals surface area contributed by atoms with Crippen molar-refractivity contribution in [2.24, 2.45) is 0 Å². The molecule has 10 aromatic rings. The van der Waals surface area contributed by atoms with E-state index in [0.717, 1.165) is 55.9 Å². The molecule has 0 fully saturated rings. The van der Waals surface area contributed by atoms with Crippen molar-refractivity contribution in [3.8, 4) is 33.4 Å². The number of nitrogens with zero attached hydrogens (tertiary/aromatic N) is 2. The molecular formula is C63H43ClN2OS. The first kappa shape index (κ1) is 39.8. The van der Waals surface area contributed by atoms with Crippen molar-refractivity contribution in [2.75, 3.05) is 4.90 Å². The molecule has 0 saturated heterocycles. The lowest BCUT2D eigenvalue weighted by atomic mass is 9.67. The van der Waals surface area contributed by atoms with Crippen LogP contribution in [0.2, 0.25) is 5.02 Å². The Hall–Kier alpha value is -7.37. The summed E-state index contributed by atoms with van der Waals surface area (Å²) in [5.74, 6) is 0. The van der Waals surface area contributed by atoms with E-state index < -0.39 is 5.41 Å². The van der Waals surface area contributed by atoms with Crippen molar-refractivity contribution < 1.29 is 4.42 Å². The number of allylic oxidation sites excluding steroid dienone is 2. The summed E-state index contributed by atoms with van der Waals surface area (Å²) in [4.78, 5) is 9.62. The third kappa shape index (κ3) is 5.59. The average Bonchev–Trinajstić information content (AvgIpc) is 3.98. The Morgan fingerprint density at radius 1 is 0.588 bits per heavy atom. The molecule has 0 saturated carbocycles. The molecule has 324 valence electrons. The van der Waals surface area contributed by atoms with Gasteiger partial charge in [0.05, 0.1) is 11.5 Å². The predicted octanol–water partition coefficient (Wildman–Crippen LogP) is 17.0. The fourth-order valence-electron chi connectivity index (χ4n) is 12.4. The lowest BCUT2D eigenvalue weighted by molar-refractivity contribution is 0.657. The summed E-state index contributed by atoms with van der Waals surface area (Å²) < 4.78 is 6.73. The van der Waals surface area contributed by atoms with E-state index in [9.17, 15) is 0 Å². The van der Waals surface area contributed by atoms with E-state index in [1.54, 1.807) is 0 Å². The van der Waals surface area contributed by atoms with E-state index in [-0.39, 0.29) is 11.5 Å². The van der Waals surface area contributed by atoms with Crippen molar-refractivity contribution >= 4 is 62.2 Å². The van der Waals surface area contributed by atoms with Crippen LogP contribution >= 0.6 is 23.4 Å². The van der Waals surface area contributed by atoms with Gasteiger partial charge in [-0.25, -0.2) is 0 Å². The molecule has 8 aromatic carbocycles. The fourth-order valence-corrected chi connectivity index (χ4v) is 13.8. The topological polar surface area (TPSA) is 29.3 Å². The van der Waals surface area contributed by atoms with Gasteiger partial charge >= 0.3 is 0 Å². The zero-order chi connectivity index (χ0) is 45.3. The molecule has 68 heavy (non-hydrogen) atoms. The van der Waals surface area contributed by atoms with E-state index in [2.05, 4.69) is 200 Å². The maximum absolute atomic E-state index is 6.96. The Bertz CT molecular complexity index is 3780. The van der Waals surface area contributed by atoms with Crippen LogP contribution in [-0.2, 0) is 10.8 Å². The second-order valence-corrected chi connectivity index (χ2v) is 20.6. The summed E-state index contributed by atoms with van der Waals surface area (Å²) in [6.45, 7) is 4.78. The molecule has 0 amide bonds. The molecular weight excluding hydrogens is 868 g/mol. The number of benzene rings is 8. The van der Waals surface area contributed by atoms with Crippen LogP contribution in [-0.4, -0.2) is 11.0 Å². The molecule has 1 unspecified atom stereocenters. The number of hydrogen-bond acceptors (Lipinski definition) is 4. The normalized spacial score (nSPS) is 16.5. The maximum atomic E-state index is 6.96. The molecule has 1 atom stereocenters. The fraction of sp³-hybridized carbons (Fsp3) is 0.0952. The Kier molecular flexibility index (Phi) is 8.66. The number of halogens is 1. The number of hydrogen-bond donors (Lipinski definition) is 0. The molecule has 3 heterocycles. The highest BCUT2D eigenvalue weighted by atomic mass is 35.5. The smallest absolute Gasteiger partial charge is 0.143 e. The predicted molar refractivity (Wildman–Crippen MR) is 281 cm³/mol. The minimum atomic E-state index is -0.543. The van der Waals surface area contributed by atoms with E-state index >= 15 is 0 Å². The van der Waals surface area contributed by atoms with Crippen molar-refractivity contribution in [3.05, 3.63) is 251 Å². The van der Waals surface area contributed by atoms with Gasteiger partial charge in [0.15, 0.2) is 0 Å². The van der Waals surface area contributed by atoms with Gasteiger partial charge in [0.1, 0.15) is 11.2 Å². The summed E-state index contributed by atoms with van der Waals surface area (Å²) in [6, 6.07) is 64.6. The third-order valence-electron chi connectivity index (χ3n) is 15.2. The highest BCUT2D eigenvalue weighted by Gasteiger charge is 2.50. The van der Waals surface area contributed by atoms with Crippen LogP contribution in [0.1, 0.15) is 59.2 Å². The number of fused-ring (bicyclic) bond motifs is 15. The molecule has 0 bridgehead atoms. The van der Waals surface area contributed by atoms with Gasteiger partial charge in [-0.05, 0) is 128 Å². The molecule has 3 aliphatic carbocycles. The average molecular weight is 912 g/mol. The lowest BCUT2D eigenvalue weighted by Gasteiger charge is -2.41. The highest BCUT2D eigenvalue weighted by molar-refractivity contribution is 7.99. The number of para-hydroxylation sites is 1. The largest absolute Gasteiger partial charge is 0.455 e. The molecule has 0 radical (unpaired) electrons. The Morgan fingerprint density at radius 3 is 2.10 bits per heavy atom. The van der Waals surface area contributed by atoms with Crippen LogP contribution < -0.4 is 4.90 Å². The SMILES string of the molecule is CC1(C)c2ccccc2-c2cccc(C3=CC=CC(N(c4ccc5c(c4)Sc4ccc(Cl)cc4C54c5ccccc5-c5ccccc54)c4cc(-c5cccnc5)c5oc6ccccc6c5c4)C3)c21. The summed E-state index contributed by atoms with van der Waals surface area (Å²) in [6.07, 6.45) is 11.6. The van der Waals surface area contributed by atoms with E-state index in [4.69, 9.17) is 16.0 Å². The monoisotopic (exact) mass is 910 g/mol. The van der Waals surface area contributed by atoms with Gasteiger partial charge in [0, 0.05) is 65.9 Å². The van der Waals surface area contributed by atoms with E-state index in [1.807, 2.05) is 42.4 Å². The van der Waals surface area contributed by atoms with Crippen LogP contribution in [0.25, 0.3) is 60.9 Å². The molecule has 14 rings (SSSR count). The molecule has 4 aliphatic rings. The molecule has 5 heteroatoms. The maximum Gasteiger partial charge on any atom is 0.143 e. The lowest BCUT2D eigenvalue weighted by Crippen LogP contribution is -2.33. The zero-order valence-electron chi connectivity index (χ0n) is 37.5. The van der Waals surface area contributed by atoms with Crippen LogP contribution in [0.4, 0.5) is 11.4 Å². The first-order valence-electron chi connectivity index (χ1n) is 23.5. The number of furan rings is 1. The molecule has 0 N–H and O–H groups in total. The summed E-state index contributed by atoms with van der Waals surface area (Å²) >= 11 is 8.80. The van der Waals surface area contributed by atoms with Gasteiger partial charge in [-0.3, -0.25) is 4.98 Å². The minimum Gasteiger partial charge on any atom is -0.455 e. The van der Waals surface area contributed by atoms with Crippen molar-refractivity contribution in [1.29, 1.82) is 0 Å². The van der Waals surface area contributed by atoms with Crippen LogP contribution in [0.15, 0.2) is 221 Å². The molecule has 1 aliphatic heterocycles. The second-order valence-electron chi connectivity index (χ2n) is 19.1. The number of rotatable bonds is 5. The summed E-state index contributed by atoms with van der Waals surface area (Å²) in [5.41, 5.74) is 21.0. The van der Waals surface area contributed by atoms with E-state index in [1.165, 1.54) is 76.6 Å². The van der Waals surface area contributed by atoms with Crippen molar-refractivity contribution in [2.45, 2.75) is 46.9 Å². The van der Waals surface area contributed by atoms with Crippen molar-refractivity contribution in [3.63, 3.8) is 0 Å².